The van der Waals surface area contributed by atoms with Gasteiger partial charge in [0.15, 0.2) is 5.78 Å². The van der Waals surface area contributed by atoms with E-state index in [4.69, 9.17) is 0 Å². The van der Waals surface area contributed by atoms with Crippen LogP contribution in [-0.2, 0) is 9.59 Å². The number of hydrogen-bond donors (Lipinski definition) is 1. The van der Waals surface area contributed by atoms with Crippen molar-refractivity contribution in [3.05, 3.63) is 30.1 Å². The summed E-state index contributed by atoms with van der Waals surface area (Å²) in [4.78, 5) is 27.6. The Hall–Kier alpha value is -2.17. The van der Waals surface area contributed by atoms with E-state index in [-0.39, 0.29) is 23.8 Å². The van der Waals surface area contributed by atoms with Gasteiger partial charge in [-0.3, -0.25) is 9.59 Å². The van der Waals surface area contributed by atoms with Crippen LogP contribution in [0.15, 0.2) is 24.3 Å². The Balaban J connectivity index is 2.60. The molecule has 2 atom stereocenters. The Bertz CT molecular complexity index is 660. The first kappa shape index (κ1) is 14.2. The first-order chi connectivity index (χ1) is 9.41. The summed E-state index contributed by atoms with van der Waals surface area (Å²) in [6.07, 6.45) is 0. The molecule has 0 aliphatic rings. The van der Waals surface area contributed by atoms with Gasteiger partial charge in [-0.2, -0.15) is 0 Å². The lowest BCUT2D eigenvalue weighted by atomic mass is 10.2. The van der Waals surface area contributed by atoms with Crippen LogP contribution < -0.4 is 5.32 Å². The molecule has 0 aliphatic heterocycles. The van der Waals surface area contributed by atoms with E-state index < -0.39 is 0 Å². The predicted molar refractivity (Wildman–Crippen MR) is 77.4 cm³/mol. The van der Waals surface area contributed by atoms with Crippen LogP contribution in [0.2, 0.25) is 0 Å². The largest absolute Gasteiger partial charge is 0.347 e. The van der Waals surface area contributed by atoms with Crippen LogP contribution in [0.1, 0.15) is 45.6 Å². The second kappa shape index (κ2) is 5.45. The number of benzene rings is 1. The highest BCUT2D eigenvalue weighted by Gasteiger charge is 2.22. The summed E-state index contributed by atoms with van der Waals surface area (Å²) >= 11 is 0. The van der Waals surface area contributed by atoms with Gasteiger partial charge in [-0.1, -0.05) is 12.1 Å². The van der Waals surface area contributed by atoms with Crippen LogP contribution in [0.4, 0.5) is 0 Å². The lowest BCUT2D eigenvalue weighted by Crippen LogP contribution is -2.28. The minimum absolute atomic E-state index is 0.0597. The van der Waals surface area contributed by atoms with Gasteiger partial charge in [0, 0.05) is 6.92 Å². The van der Waals surface area contributed by atoms with Crippen molar-refractivity contribution in [2.45, 2.75) is 39.8 Å². The quantitative estimate of drug-likeness (QED) is 0.930. The number of fused-ring (bicyclic) bond motifs is 1. The van der Waals surface area contributed by atoms with Gasteiger partial charge in [-0.15, -0.1) is 0 Å². The fraction of sp³-hybridized carbons (Fsp3) is 0.400. The van der Waals surface area contributed by atoms with Crippen molar-refractivity contribution in [3.8, 4) is 0 Å². The number of nitrogens with zero attached hydrogens (tertiary/aromatic N) is 2. The van der Waals surface area contributed by atoms with Crippen LogP contribution in [0.3, 0.4) is 0 Å². The summed E-state index contributed by atoms with van der Waals surface area (Å²) in [5.74, 6) is 0.639. The molecule has 0 bridgehead atoms. The average molecular weight is 273 g/mol. The van der Waals surface area contributed by atoms with Gasteiger partial charge < -0.3 is 9.88 Å². The van der Waals surface area contributed by atoms with Gasteiger partial charge in [-0.25, -0.2) is 4.98 Å². The first-order valence-electron chi connectivity index (χ1n) is 6.66. The van der Waals surface area contributed by atoms with Crippen LogP contribution in [0.25, 0.3) is 11.0 Å². The molecule has 5 heteroatoms. The normalized spacial score (nSPS) is 14.0. The lowest BCUT2D eigenvalue weighted by molar-refractivity contribution is -0.119. The molecule has 2 unspecified atom stereocenters. The van der Waals surface area contributed by atoms with Crippen LogP contribution in [0, 0.1) is 0 Å². The second-order valence-electron chi connectivity index (χ2n) is 5.04. The number of nitrogens with one attached hydrogen (secondary N) is 1. The molecular weight excluding hydrogens is 254 g/mol. The first-order valence-corrected chi connectivity index (χ1v) is 6.66. The molecule has 0 saturated heterocycles. The molecule has 0 saturated carbocycles. The van der Waals surface area contributed by atoms with Crippen molar-refractivity contribution in [2.75, 3.05) is 0 Å². The van der Waals surface area contributed by atoms with E-state index >= 15 is 0 Å². The van der Waals surface area contributed by atoms with E-state index in [2.05, 4.69) is 10.3 Å². The van der Waals surface area contributed by atoms with Crippen LogP contribution in [-0.4, -0.2) is 21.2 Å². The molecule has 106 valence electrons. The Morgan fingerprint density at radius 1 is 1.20 bits per heavy atom. The lowest BCUT2D eigenvalue weighted by Gasteiger charge is -2.19. The van der Waals surface area contributed by atoms with Crippen molar-refractivity contribution in [1.82, 2.24) is 14.9 Å². The smallest absolute Gasteiger partial charge is 0.217 e. The molecule has 1 aromatic heterocycles. The number of ketones is 1. The maximum absolute atomic E-state index is 11.7. The van der Waals surface area contributed by atoms with Crippen molar-refractivity contribution in [3.63, 3.8) is 0 Å². The molecule has 0 aliphatic carbocycles. The predicted octanol–water partition coefficient (Wildman–Crippen LogP) is 2.38. The zero-order valence-electron chi connectivity index (χ0n) is 12.2. The van der Waals surface area contributed by atoms with Gasteiger partial charge in [0.05, 0.1) is 23.1 Å². The zero-order chi connectivity index (χ0) is 14.9. The fourth-order valence-electron chi connectivity index (χ4n) is 2.33. The standard InChI is InChI=1S/C15H19N3O2/c1-9(16-12(4)20)15-17-13-7-5-6-8-14(13)18(15)10(2)11(3)19/h5-10H,1-4H3,(H,16,20). The summed E-state index contributed by atoms with van der Waals surface area (Å²) in [6, 6.07) is 7.11. The number of carbonyl (C=O) groups excluding carboxylic acids is 2. The summed E-state index contributed by atoms with van der Waals surface area (Å²) in [5.41, 5.74) is 1.73. The molecular formula is C15H19N3O2. The topological polar surface area (TPSA) is 64.0 Å². The number of amides is 1. The van der Waals surface area contributed by atoms with Gasteiger partial charge in [0.25, 0.3) is 0 Å². The molecule has 0 fully saturated rings. The maximum Gasteiger partial charge on any atom is 0.217 e. The highest BCUT2D eigenvalue weighted by Crippen LogP contribution is 2.25. The number of aromatic nitrogens is 2. The van der Waals surface area contributed by atoms with E-state index in [1.807, 2.05) is 42.7 Å². The number of hydrogen-bond acceptors (Lipinski definition) is 3. The highest BCUT2D eigenvalue weighted by molar-refractivity contribution is 5.84. The number of carbonyl (C=O) groups is 2. The Morgan fingerprint density at radius 2 is 1.85 bits per heavy atom. The monoisotopic (exact) mass is 273 g/mol. The summed E-state index contributed by atoms with van der Waals surface area (Å²) < 4.78 is 1.90. The highest BCUT2D eigenvalue weighted by atomic mass is 16.1. The molecule has 1 N–H and O–H groups in total. The number of rotatable bonds is 4. The number of imidazole rings is 1. The maximum atomic E-state index is 11.7. The third-order valence-electron chi connectivity index (χ3n) is 3.41. The molecule has 5 nitrogen and oxygen atoms in total. The third kappa shape index (κ3) is 2.57. The third-order valence-corrected chi connectivity index (χ3v) is 3.41. The summed E-state index contributed by atoms with van der Waals surface area (Å²) in [7, 11) is 0. The number of para-hydroxylation sites is 2. The SMILES string of the molecule is CC(=O)NC(C)c1nc2ccccc2n1C(C)C(C)=O. The molecule has 20 heavy (non-hydrogen) atoms. The van der Waals surface area contributed by atoms with Crippen LogP contribution in [0.5, 0.6) is 0 Å². The second-order valence-corrected chi connectivity index (χ2v) is 5.04. The molecule has 0 radical (unpaired) electrons. The van der Waals surface area contributed by atoms with Crippen molar-refractivity contribution in [1.29, 1.82) is 0 Å². The molecule has 1 aromatic carbocycles. The van der Waals surface area contributed by atoms with Gasteiger partial charge in [0.1, 0.15) is 5.82 Å². The van der Waals surface area contributed by atoms with E-state index in [0.717, 1.165) is 11.0 Å². The van der Waals surface area contributed by atoms with Gasteiger partial charge in [0.2, 0.25) is 5.91 Å². The molecule has 1 amide bonds. The van der Waals surface area contributed by atoms with Gasteiger partial charge >= 0.3 is 0 Å². The van der Waals surface area contributed by atoms with E-state index in [0.29, 0.717) is 5.82 Å². The molecule has 2 rings (SSSR count). The number of Topliss-reactive ketones (excluding diaryl/α,β-unsaturated/α-hetero) is 1. The van der Waals surface area contributed by atoms with E-state index in [1.165, 1.54) is 6.92 Å². The fourth-order valence-corrected chi connectivity index (χ4v) is 2.33. The zero-order valence-corrected chi connectivity index (χ0v) is 12.2. The van der Waals surface area contributed by atoms with E-state index in [1.54, 1.807) is 6.92 Å². The van der Waals surface area contributed by atoms with Crippen molar-refractivity contribution in [2.24, 2.45) is 0 Å². The van der Waals surface area contributed by atoms with Crippen LogP contribution >= 0.6 is 0 Å². The Kier molecular flexibility index (Phi) is 3.88. The minimum Gasteiger partial charge on any atom is -0.347 e. The Morgan fingerprint density at radius 3 is 2.45 bits per heavy atom. The average Bonchev–Trinajstić information content (AvgIpc) is 2.76. The Labute approximate surface area is 118 Å². The van der Waals surface area contributed by atoms with Crippen molar-refractivity contribution >= 4 is 22.7 Å². The summed E-state index contributed by atoms with van der Waals surface area (Å²) in [5, 5.41) is 2.82. The van der Waals surface area contributed by atoms with E-state index in [9.17, 15) is 9.59 Å². The summed E-state index contributed by atoms with van der Waals surface area (Å²) in [6.45, 7) is 6.75. The molecule has 2 aromatic rings. The molecule has 0 spiro atoms. The van der Waals surface area contributed by atoms with Gasteiger partial charge in [-0.05, 0) is 32.9 Å². The van der Waals surface area contributed by atoms with Crippen molar-refractivity contribution < 1.29 is 9.59 Å². The molecule has 1 heterocycles. The minimum atomic E-state index is -0.311.